The van der Waals surface area contributed by atoms with Crippen LogP contribution in [0, 0.1) is 0 Å². The van der Waals surface area contributed by atoms with E-state index in [4.69, 9.17) is 5.73 Å². The molecule has 0 aliphatic heterocycles. The van der Waals surface area contributed by atoms with Gasteiger partial charge >= 0.3 is 0 Å². The Morgan fingerprint density at radius 2 is 2.21 bits per heavy atom. The van der Waals surface area contributed by atoms with Gasteiger partial charge in [0.1, 0.15) is 0 Å². The third-order valence-electron chi connectivity index (χ3n) is 2.38. The third-order valence-corrected chi connectivity index (χ3v) is 4.38. The molecule has 0 unspecified atom stereocenters. The van der Waals surface area contributed by atoms with Crippen molar-refractivity contribution in [2.75, 3.05) is 11.1 Å². The Kier molecular flexibility index (Phi) is 4.75. The lowest BCUT2D eigenvalue weighted by molar-refractivity contribution is -0.115. The number of hydrogen-bond acceptors (Lipinski definition) is 6. The Morgan fingerprint density at radius 1 is 1.42 bits per heavy atom. The van der Waals surface area contributed by atoms with Crippen LogP contribution in [0.15, 0.2) is 28.6 Å². The van der Waals surface area contributed by atoms with Crippen LogP contribution in [0.3, 0.4) is 0 Å². The standard InChI is InChI=1S/C12H14N4OS2/c1-2-8-5-3-4-6-9(8)14-11-15-16-12(19-11)18-7-10(13)17/h3-6H,2,7H2,1H3,(H2,13,17)(H,14,15). The summed E-state index contributed by atoms with van der Waals surface area (Å²) in [5.41, 5.74) is 7.35. The smallest absolute Gasteiger partial charge is 0.227 e. The fourth-order valence-electron chi connectivity index (χ4n) is 1.52. The normalized spacial score (nSPS) is 10.4. The van der Waals surface area contributed by atoms with E-state index in [1.54, 1.807) is 0 Å². The van der Waals surface area contributed by atoms with E-state index in [0.717, 1.165) is 16.4 Å². The van der Waals surface area contributed by atoms with Gasteiger partial charge in [0.15, 0.2) is 4.34 Å². The van der Waals surface area contributed by atoms with Gasteiger partial charge in [-0.05, 0) is 18.1 Å². The van der Waals surface area contributed by atoms with E-state index in [9.17, 15) is 4.79 Å². The second-order valence-corrected chi connectivity index (χ2v) is 5.96. The van der Waals surface area contributed by atoms with Gasteiger partial charge in [-0.2, -0.15) is 0 Å². The number of thioether (sulfide) groups is 1. The number of aryl methyl sites for hydroxylation is 1. The van der Waals surface area contributed by atoms with Gasteiger partial charge in [0.25, 0.3) is 0 Å². The average molecular weight is 294 g/mol. The van der Waals surface area contributed by atoms with Crippen molar-refractivity contribution in [3.05, 3.63) is 29.8 Å². The number of aromatic nitrogens is 2. The Morgan fingerprint density at radius 3 is 2.95 bits per heavy atom. The van der Waals surface area contributed by atoms with E-state index in [0.29, 0.717) is 5.13 Å². The largest absolute Gasteiger partial charge is 0.369 e. The minimum Gasteiger partial charge on any atom is -0.369 e. The van der Waals surface area contributed by atoms with Crippen molar-refractivity contribution < 1.29 is 4.79 Å². The summed E-state index contributed by atoms with van der Waals surface area (Å²) in [5.74, 6) is -0.133. The van der Waals surface area contributed by atoms with Crippen molar-refractivity contribution in [2.45, 2.75) is 17.7 Å². The number of nitrogens with two attached hydrogens (primary N) is 1. The zero-order valence-corrected chi connectivity index (χ0v) is 12.1. The number of rotatable bonds is 6. The number of amides is 1. The quantitative estimate of drug-likeness (QED) is 0.800. The maximum atomic E-state index is 10.7. The zero-order chi connectivity index (χ0) is 13.7. The molecule has 0 fully saturated rings. The molecule has 0 radical (unpaired) electrons. The van der Waals surface area contributed by atoms with Crippen LogP contribution in [0.4, 0.5) is 10.8 Å². The predicted octanol–water partition coefficient (Wildman–Crippen LogP) is 2.42. The lowest BCUT2D eigenvalue weighted by Crippen LogP contribution is -2.12. The lowest BCUT2D eigenvalue weighted by Gasteiger charge is -2.06. The summed E-state index contributed by atoms with van der Waals surface area (Å²) in [5, 5.41) is 12.0. The molecule has 0 aliphatic rings. The van der Waals surface area contributed by atoms with Gasteiger partial charge in [0.2, 0.25) is 11.0 Å². The van der Waals surface area contributed by atoms with Crippen LogP contribution >= 0.6 is 23.1 Å². The number of benzene rings is 1. The van der Waals surface area contributed by atoms with Crippen LogP contribution in [0.2, 0.25) is 0 Å². The molecule has 0 spiro atoms. The fraction of sp³-hybridized carbons (Fsp3) is 0.250. The van der Waals surface area contributed by atoms with Crippen LogP contribution in [0.5, 0.6) is 0 Å². The summed E-state index contributed by atoms with van der Waals surface area (Å²) in [7, 11) is 0. The highest BCUT2D eigenvalue weighted by Crippen LogP contribution is 2.28. The van der Waals surface area contributed by atoms with Gasteiger partial charge in [0.05, 0.1) is 5.75 Å². The van der Waals surface area contributed by atoms with E-state index >= 15 is 0 Å². The minimum atomic E-state index is -0.356. The minimum absolute atomic E-state index is 0.222. The van der Waals surface area contributed by atoms with Crippen molar-refractivity contribution >= 4 is 39.8 Å². The maximum Gasteiger partial charge on any atom is 0.227 e. The second-order valence-electron chi connectivity index (χ2n) is 3.76. The number of para-hydroxylation sites is 1. The summed E-state index contributed by atoms with van der Waals surface area (Å²) >= 11 is 2.71. The van der Waals surface area contributed by atoms with Crippen LogP contribution in [-0.2, 0) is 11.2 Å². The first-order valence-electron chi connectivity index (χ1n) is 5.78. The SMILES string of the molecule is CCc1ccccc1Nc1nnc(SCC(N)=O)s1. The molecule has 1 aromatic heterocycles. The molecule has 2 rings (SSSR count). The molecule has 100 valence electrons. The van der Waals surface area contributed by atoms with Crippen molar-refractivity contribution in [1.29, 1.82) is 0 Å². The molecule has 2 aromatic rings. The first-order chi connectivity index (χ1) is 9.19. The Balaban J connectivity index is 2.05. The van der Waals surface area contributed by atoms with Crippen molar-refractivity contribution in [1.82, 2.24) is 10.2 Å². The van der Waals surface area contributed by atoms with E-state index in [1.807, 2.05) is 18.2 Å². The molecule has 0 saturated heterocycles. The summed E-state index contributed by atoms with van der Waals surface area (Å²) in [6, 6.07) is 8.08. The van der Waals surface area contributed by atoms with E-state index < -0.39 is 0 Å². The number of primary amides is 1. The highest BCUT2D eigenvalue weighted by molar-refractivity contribution is 8.01. The maximum absolute atomic E-state index is 10.7. The molecular weight excluding hydrogens is 280 g/mol. The van der Waals surface area contributed by atoms with Crippen LogP contribution in [-0.4, -0.2) is 21.9 Å². The van der Waals surface area contributed by atoms with Crippen molar-refractivity contribution in [2.24, 2.45) is 5.73 Å². The van der Waals surface area contributed by atoms with Crippen LogP contribution < -0.4 is 11.1 Å². The Labute approximate surface area is 119 Å². The van der Waals surface area contributed by atoms with Crippen molar-refractivity contribution in [3.63, 3.8) is 0 Å². The second kappa shape index (κ2) is 6.53. The molecule has 1 amide bonds. The Bertz CT molecular complexity index is 570. The number of nitrogens with one attached hydrogen (secondary N) is 1. The van der Waals surface area contributed by atoms with Crippen molar-refractivity contribution in [3.8, 4) is 0 Å². The lowest BCUT2D eigenvalue weighted by atomic mass is 10.1. The highest BCUT2D eigenvalue weighted by Gasteiger charge is 2.07. The summed E-state index contributed by atoms with van der Waals surface area (Å²) in [6.07, 6.45) is 0.950. The average Bonchev–Trinajstić information content (AvgIpc) is 2.85. The fourth-order valence-corrected chi connectivity index (χ4v) is 3.02. The Hall–Kier alpha value is -1.60. The molecule has 1 aromatic carbocycles. The third kappa shape index (κ3) is 3.93. The number of nitrogens with zero attached hydrogens (tertiary/aromatic N) is 2. The van der Waals surface area contributed by atoms with Gasteiger partial charge in [-0.3, -0.25) is 4.79 Å². The van der Waals surface area contributed by atoms with Gasteiger partial charge in [-0.15, -0.1) is 10.2 Å². The number of anilines is 2. The molecule has 7 heteroatoms. The molecule has 3 N–H and O–H groups in total. The molecule has 1 heterocycles. The first kappa shape index (κ1) is 13.8. The highest BCUT2D eigenvalue weighted by atomic mass is 32.2. The molecule has 0 aliphatic carbocycles. The molecule has 0 atom stereocenters. The van der Waals surface area contributed by atoms with Gasteiger partial charge in [-0.25, -0.2) is 0 Å². The number of carbonyl (C=O) groups is 1. The van der Waals surface area contributed by atoms with Gasteiger partial charge in [0, 0.05) is 5.69 Å². The molecule has 0 saturated carbocycles. The van der Waals surface area contributed by atoms with E-state index in [-0.39, 0.29) is 11.7 Å². The monoisotopic (exact) mass is 294 g/mol. The number of carbonyl (C=O) groups excluding carboxylic acids is 1. The van der Waals surface area contributed by atoms with Gasteiger partial charge < -0.3 is 11.1 Å². The molecule has 19 heavy (non-hydrogen) atoms. The predicted molar refractivity (Wildman–Crippen MR) is 78.9 cm³/mol. The molecule has 0 bridgehead atoms. The first-order valence-corrected chi connectivity index (χ1v) is 7.58. The van der Waals surface area contributed by atoms with Crippen LogP contribution in [0.1, 0.15) is 12.5 Å². The topological polar surface area (TPSA) is 80.9 Å². The molecule has 5 nitrogen and oxygen atoms in total. The van der Waals surface area contributed by atoms with Crippen LogP contribution in [0.25, 0.3) is 0 Å². The summed E-state index contributed by atoms with van der Waals surface area (Å²) < 4.78 is 0.732. The van der Waals surface area contributed by atoms with Gasteiger partial charge in [-0.1, -0.05) is 48.2 Å². The zero-order valence-electron chi connectivity index (χ0n) is 10.4. The number of hydrogen-bond donors (Lipinski definition) is 2. The summed E-state index contributed by atoms with van der Waals surface area (Å²) in [4.78, 5) is 10.7. The summed E-state index contributed by atoms with van der Waals surface area (Å²) in [6.45, 7) is 2.11. The van der Waals surface area contributed by atoms with E-state index in [1.165, 1.54) is 28.7 Å². The van der Waals surface area contributed by atoms with E-state index in [2.05, 4.69) is 28.5 Å². The molecular formula is C12H14N4OS2.